The predicted octanol–water partition coefficient (Wildman–Crippen LogP) is 3.06. The molecule has 1 aromatic heterocycles. The van der Waals surface area contributed by atoms with E-state index in [0.717, 1.165) is 28.8 Å². The van der Waals surface area contributed by atoms with Crippen molar-refractivity contribution in [2.75, 3.05) is 19.6 Å². The summed E-state index contributed by atoms with van der Waals surface area (Å²) in [5.41, 5.74) is 1.24. The van der Waals surface area contributed by atoms with Crippen LogP contribution in [0, 0.1) is 12.3 Å². The van der Waals surface area contributed by atoms with E-state index in [0.29, 0.717) is 12.2 Å². The van der Waals surface area contributed by atoms with Gasteiger partial charge in [-0.3, -0.25) is 4.79 Å². The molecule has 0 aromatic carbocycles. The summed E-state index contributed by atoms with van der Waals surface area (Å²) in [6.07, 6.45) is 2.37. The molecular formula is C15H26IN3O2. The third-order valence-corrected chi connectivity index (χ3v) is 4.09. The highest BCUT2D eigenvalue weighted by Gasteiger charge is 2.22. The maximum Gasteiger partial charge on any atom is 0.273 e. The van der Waals surface area contributed by atoms with Crippen molar-refractivity contribution in [3.8, 4) is 0 Å². The van der Waals surface area contributed by atoms with E-state index < -0.39 is 0 Å². The second-order valence-electron chi connectivity index (χ2n) is 6.09. The Morgan fingerprint density at radius 3 is 2.67 bits per heavy atom. The van der Waals surface area contributed by atoms with Crippen LogP contribution in [0.2, 0.25) is 0 Å². The number of halogens is 1. The Labute approximate surface area is 140 Å². The van der Waals surface area contributed by atoms with Crippen molar-refractivity contribution in [3.63, 3.8) is 0 Å². The lowest BCUT2D eigenvalue weighted by Crippen LogP contribution is -2.40. The molecule has 0 fully saturated rings. The largest absolute Gasteiger partial charge is 0.359 e. The van der Waals surface area contributed by atoms with Gasteiger partial charge < -0.3 is 15.2 Å². The van der Waals surface area contributed by atoms with Crippen LogP contribution in [-0.2, 0) is 4.43 Å². The van der Waals surface area contributed by atoms with Crippen molar-refractivity contribution in [2.45, 2.75) is 45.0 Å². The number of carbonyl (C=O) groups excluding carboxylic acids is 1. The molecule has 0 saturated carbocycles. The first kappa shape index (κ1) is 18.4. The molecular weight excluding hydrogens is 381 g/mol. The lowest BCUT2D eigenvalue weighted by molar-refractivity contribution is 0.0926. The molecule has 120 valence electrons. The summed E-state index contributed by atoms with van der Waals surface area (Å²) in [5.74, 6) is 0.607. The second-order valence-corrected chi connectivity index (χ2v) is 6.85. The minimum Gasteiger partial charge on any atom is -0.359 e. The van der Waals surface area contributed by atoms with Crippen molar-refractivity contribution in [3.05, 3.63) is 17.0 Å². The van der Waals surface area contributed by atoms with Gasteiger partial charge in [-0.1, -0.05) is 54.9 Å². The van der Waals surface area contributed by atoms with E-state index in [1.807, 2.05) is 6.92 Å². The third kappa shape index (κ3) is 5.94. The van der Waals surface area contributed by atoms with Gasteiger partial charge in [0, 0.05) is 18.7 Å². The fourth-order valence-electron chi connectivity index (χ4n) is 1.90. The lowest BCUT2D eigenvalue weighted by Gasteiger charge is -2.25. The second kappa shape index (κ2) is 8.73. The zero-order chi connectivity index (χ0) is 15.9. The van der Waals surface area contributed by atoms with Crippen molar-refractivity contribution in [2.24, 2.45) is 5.41 Å². The van der Waals surface area contributed by atoms with Crippen LogP contribution >= 0.6 is 22.6 Å². The molecule has 0 aliphatic carbocycles. The Kier molecular flexibility index (Phi) is 7.65. The average Bonchev–Trinajstić information content (AvgIpc) is 2.82. The van der Waals surface area contributed by atoms with Gasteiger partial charge in [0.1, 0.15) is 5.76 Å². The minimum absolute atomic E-state index is 0.00708. The maximum absolute atomic E-state index is 12.2. The Bertz CT molecular complexity index is 458. The molecule has 0 saturated heterocycles. The SMILES string of the molecule is CCCCNCC(C)(C)CNC(=O)c1noc(CI)c1C. The molecule has 1 rings (SSSR count). The first-order chi connectivity index (χ1) is 9.91. The molecule has 6 heteroatoms. The van der Waals surface area contributed by atoms with Gasteiger partial charge in [0.05, 0.1) is 4.43 Å². The van der Waals surface area contributed by atoms with E-state index in [2.05, 4.69) is 59.2 Å². The molecule has 21 heavy (non-hydrogen) atoms. The molecule has 1 aromatic rings. The number of carbonyl (C=O) groups is 1. The van der Waals surface area contributed by atoms with Gasteiger partial charge in [-0.15, -0.1) is 0 Å². The third-order valence-electron chi connectivity index (χ3n) is 3.40. The van der Waals surface area contributed by atoms with Crippen molar-refractivity contribution in [1.29, 1.82) is 0 Å². The highest BCUT2D eigenvalue weighted by Crippen LogP contribution is 2.17. The number of aromatic nitrogens is 1. The smallest absolute Gasteiger partial charge is 0.273 e. The molecule has 0 aliphatic heterocycles. The Morgan fingerprint density at radius 2 is 2.10 bits per heavy atom. The van der Waals surface area contributed by atoms with Gasteiger partial charge in [-0.25, -0.2) is 0 Å². The van der Waals surface area contributed by atoms with Crippen LogP contribution in [0.1, 0.15) is 55.4 Å². The summed E-state index contributed by atoms with van der Waals surface area (Å²) < 4.78 is 5.88. The summed E-state index contributed by atoms with van der Waals surface area (Å²) in [5, 5.41) is 10.2. The number of alkyl halides is 1. The van der Waals surface area contributed by atoms with Crippen molar-refractivity contribution >= 4 is 28.5 Å². The molecule has 2 N–H and O–H groups in total. The molecule has 0 aliphatic rings. The topological polar surface area (TPSA) is 67.2 Å². The summed E-state index contributed by atoms with van der Waals surface area (Å²) in [7, 11) is 0. The van der Waals surface area contributed by atoms with Crippen LogP contribution in [0.5, 0.6) is 0 Å². The predicted molar refractivity (Wildman–Crippen MR) is 92.9 cm³/mol. The average molecular weight is 407 g/mol. The fourth-order valence-corrected chi connectivity index (χ4v) is 2.61. The van der Waals surface area contributed by atoms with Gasteiger partial charge in [0.2, 0.25) is 0 Å². The molecule has 0 bridgehead atoms. The number of rotatable bonds is 9. The zero-order valence-electron chi connectivity index (χ0n) is 13.4. The minimum atomic E-state index is -0.158. The number of nitrogens with zero attached hydrogens (tertiary/aromatic N) is 1. The zero-order valence-corrected chi connectivity index (χ0v) is 15.5. The van der Waals surface area contributed by atoms with Crippen LogP contribution in [0.15, 0.2) is 4.52 Å². The molecule has 1 heterocycles. The summed E-state index contributed by atoms with van der Waals surface area (Å²) >= 11 is 2.20. The highest BCUT2D eigenvalue weighted by atomic mass is 127. The maximum atomic E-state index is 12.2. The van der Waals surface area contributed by atoms with Crippen molar-refractivity contribution in [1.82, 2.24) is 15.8 Å². The Balaban J connectivity index is 2.45. The van der Waals surface area contributed by atoms with Gasteiger partial charge in [-0.05, 0) is 25.3 Å². The summed E-state index contributed by atoms with van der Waals surface area (Å²) in [4.78, 5) is 12.2. The molecule has 1 amide bonds. The van der Waals surface area contributed by atoms with E-state index in [1.165, 1.54) is 12.8 Å². The molecule has 5 nitrogen and oxygen atoms in total. The number of nitrogens with one attached hydrogen (secondary N) is 2. The van der Waals surface area contributed by atoms with Gasteiger partial charge in [0.15, 0.2) is 5.69 Å². The Hall–Kier alpha value is -0.630. The highest BCUT2D eigenvalue weighted by molar-refractivity contribution is 14.1. The normalized spacial score (nSPS) is 11.7. The molecule has 0 unspecified atom stereocenters. The first-order valence-electron chi connectivity index (χ1n) is 7.41. The first-order valence-corrected chi connectivity index (χ1v) is 8.94. The van der Waals surface area contributed by atoms with Crippen LogP contribution < -0.4 is 10.6 Å². The van der Waals surface area contributed by atoms with Gasteiger partial charge >= 0.3 is 0 Å². The monoisotopic (exact) mass is 407 g/mol. The number of amides is 1. The Morgan fingerprint density at radius 1 is 1.38 bits per heavy atom. The van der Waals surface area contributed by atoms with E-state index in [-0.39, 0.29) is 11.3 Å². The lowest BCUT2D eigenvalue weighted by atomic mass is 9.93. The fraction of sp³-hybridized carbons (Fsp3) is 0.733. The van der Waals surface area contributed by atoms with Crippen molar-refractivity contribution < 1.29 is 9.32 Å². The van der Waals surface area contributed by atoms with E-state index >= 15 is 0 Å². The van der Waals surface area contributed by atoms with E-state index in [4.69, 9.17) is 4.52 Å². The van der Waals surface area contributed by atoms with Gasteiger partial charge in [0.25, 0.3) is 5.91 Å². The van der Waals surface area contributed by atoms with Crippen LogP contribution in [-0.4, -0.2) is 30.7 Å². The number of hydrogen-bond acceptors (Lipinski definition) is 4. The number of hydrogen-bond donors (Lipinski definition) is 2. The quantitative estimate of drug-likeness (QED) is 0.375. The van der Waals surface area contributed by atoms with E-state index in [9.17, 15) is 4.79 Å². The molecule has 0 radical (unpaired) electrons. The van der Waals surface area contributed by atoms with E-state index in [1.54, 1.807) is 0 Å². The molecule has 0 atom stereocenters. The number of unbranched alkanes of at least 4 members (excludes halogenated alkanes) is 1. The van der Waals surface area contributed by atoms with Crippen LogP contribution in [0.25, 0.3) is 0 Å². The van der Waals surface area contributed by atoms with Crippen LogP contribution in [0.3, 0.4) is 0 Å². The van der Waals surface area contributed by atoms with Gasteiger partial charge in [-0.2, -0.15) is 0 Å². The molecule has 0 spiro atoms. The summed E-state index contributed by atoms with van der Waals surface area (Å²) in [6, 6.07) is 0. The summed E-state index contributed by atoms with van der Waals surface area (Å²) in [6.45, 7) is 10.8. The standard InChI is InChI=1S/C15H26IN3O2/c1-5-6-7-17-9-15(3,4)10-18-14(20)13-11(2)12(8-16)21-19-13/h17H,5-10H2,1-4H3,(H,18,20). The van der Waals surface area contributed by atoms with Crippen LogP contribution in [0.4, 0.5) is 0 Å².